The number of fused-ring (bicyclic) bond motifs is 1. The number of carbonyl (C=O) groups excluding carboxylic acids is 1. The van der Waals surface area contributed by atoms with Crippen molar-refractivity contribution in [1.82, 2.24) is 9.97 Å². The minimum atomic E-state index is -0.702. The van der Waals surface area contributed by atoms with Gasteiger partial charge in [0, 0.05) is 5.69 Å². The van der Waals surface area contributed by atoms with Gasteiger partial charge >= 0.3 is 5.69 Å². The van der Waals surface area contributed by atoms with Gasteiger partial charge in [0.05, 0.1) is 15.5 Å². The molecule has 0 aliphatic rings. The smallest absolute Gasteiger partial charge is 0.325 e. The van der Waals surface area contributed by atoms with Crippen LogP contribution in [-0.4, -0.2) is 21.6 Å². The number of hydrogen-bond acceptors (Lipinski definition) is 6. The van der Waals surface area contributed by atoms with Gasteiger partial charge in [-0.3, -0.25) is 14.6 Å². The van der Waals surface area contributed by atoms with Gasteiger partial charge in [0.15, 0.2) is 0 Å². The topological polar surface area (TPSA) is 119 Å². The molecule has 2 heterocycles. The van der Waals surface area contributed by atoms with Gasteiger partial charge in [0.1, 0.15) is 22.1 Å². The van der Waals surface area contributed by atoms with Gasteiger partial charge in [-0.15, -0.1) is 23.1 Å². The molecule has 3 N–H and O–H groups in total. The molecule has 7 nitrogen and oxygen atoms in total. The van der Waals surface area contributed by atoms with E-state index in [1.165, 1.54) is 18.2 Å². The number of H-pyrrole nitrogens is 2. The first-order chi connectivity index (χ1) is 12.0. The number of amides is 1. The van der Waals surface area contributed by atoms with Crippen LogP contribution in [0.1, 0.15) is 5.56 Å². The number of nitrogens with zero attached hydrogens (tertiary/aromatic N) is 1. The Kier molecular flexibility index (Phi) is 4.69. The summed E-state index contributed by atoms with van der Waals surface area (Å²) in [6.45, 7) is 0. The summed E-state index contributed by atoms with van der Waals surface area (Å²) in [4.78, 5) is 39.6. The molecule has 0 spiro atoms. The van der Waals surface area contributed by atoms with E-state index in [-0.39, 0.29) is 27.4 Å². The Morgan fingerprint density at radius 1 is 1.36 bits per heavy atom. The Labute approximate surface area is 147 Å². The van der Waals surface area contributed by atoms with E-state index in [1.54, 1.807) is 6.07 Å². The molecule has 1 aromatic carbocycles. The normalized spacial score (nSPS) is 10.6. The molecule has 0 unspecified atom stereocenters. The first-order valence-electron chi connectivity index (χ1n) is 6.85. The van der Waals surface area contributed by atoms with Crippen molar-refractivity contribution < 1.29 is 9.18 Å². The molecule has 1 amide bonds. The fourth-order valence-electron chi connectivity index (χ4n) is 2.09. The lowest BCUT2D eigenvalue weighted by Crippen LogP contribution is -2.20. The van der Waals surface area contributed by atoms with Gasteiger partial charge in [-0.1, -0.05) is 6.07 Å². The second kappa shape index (κ2) is 6.92. The molecule has 0 fully saturated rings. The molecule has 10 heteroatoms. The predicted octanol–water partition coefficient (Wildman–Crippen LogP) is 2.02. The fourth-order valence-corrected chi connectivity index (χ4v) is 4.21. The molecule has 0 aliphatic carbocycles. The van der Waals surface area contributed by atoms with Crippen LogP contribution < -0.4 is 16.6 Å². The van der Waals surface area contributed by atoms with Crippen LogP contribution in [0.5, 0.6) is 0 Å². The first kappa shape index (κ1) is 16.9. The van der Waals surface area contributed by atoms with Crippen molar-refractivity contribution in [2.45, 2.75) is 4.21 Å². The molecule has 0 aliphatic heterocycles. The molecular formula is C15H9FN4O3S2. The molecule has 0 bridgehead atoms. The number of halogens is 1. The molecule has 0 atom stereocenters. The van der Waals surface area contributed by atoms with E-state index in [2.05, 4.69) is 15.3 Å². The number of benzene rings is 1. The Morgan fingerprint density at radius 2 is 2.16 bits per heavy atom. The number of aromatic nitrogens is 2. The predicted molar refractivity (Wildman–Crippen MR) is 93.5 cm³/mol. The fraction of sp³-hybridized carbons (Fsp3) is 0.0667. The van der Waals surface area contributed by atoms with E-state index in [0.717, 1.165) is 23.1 Å². The first-order valence-corrected chi connectivity index (χ1v) is 8.65. The largest absolute Gasteiger partial charge is 0.326 e. The van der Waals surface area contributed by atoms with Gasteiger partial charge < -0.3 is 10.3 Å². The van der Waals surface area contributed by atoms with Gasteiger partial charge in [0.2, 0.25) is 5.91 Å². The number of rotatable bonds is 4. The number of aromatic amines is 2. The number of thioether (sulfide) groups is 1. The van der Waals surface area contributed by atoms with Crippen LogP contribution >= 0.6 is 23.1 Å². The summed E-state index contributed by atoms with van der Waals surface area (Å²) < 4.78 is 13.8. The van der Waals surface area contributed by atoms with E-state index >= 15 is 0 Å². The summed E-state index contributed by atoms with van der Waals surface area (Å²) >= 11 is 2.08. The highest BCUT2D eigenvalue weighted by atomic mass is 32.2. The highest BCUT2D eigenvalue weighted by Crippen LogP contribution is 2.34. The summed E-state index contributed by atoms with van der Waals surface area (Å²) in [5, 5.41) is 11.8. The molecule has 0 saturated heterocycles. The molecule has 3 rings (SSSR count). The van der Waals surface area contributed by atoms with Crippen molar-refractivity contribution in [3.63, 3.8) is 0 Å². The van der Waals surface area contributed by atoms with Crippen molar-refractivity contribution in [1.29, 1.82) is 5.26 Å². The van der Waals surface area contributed by atoms with E-state index in [1.807, 2.05) is 6.07 Å². The van der Waals surface area contributed by atoms with Gasteiger partial charge in [-0.25, -0.2) is 9.18 Å². The summed E-state index contributed by atoms with van der Waals surface area (Å²) in [6.07, 6.45) is 0. The van der Waals surface area contributed by atoms with Crippen molar-refractivity contribution in [2.75, 3.05) is 11.1 Å². The highest BCUT2D eigenvalue weighted by Gasteiger charge is 2.17. The minimum absolute atomic E-state index is 0.0415. The van der Waals surface area contributed by atoms with Crippen molar-refractivity contribution in [2.24, 2.45) is 0 Å². The zero-order valence-corrected chi connectivity index (χ0v) is 14.0. The molecular weight excluding hydrogens is 367 g/mol. The van der Waals surface area contributed by atoms with E-state index in [4.69, 9.17) is 0 Å². The maximum Gasteiger partial charge on any atom is 0.326 e. The second-order valence-electron chi connectivity index (χ2n) is 4.84. The number of hydrogen-bond donors (Lipinski definition) is 3. The SMILES string of the molecule is N#Cc1c(SCC(=O)Nc2cccc(F)c2)sc2c(=O)[nH]c(=O)[nH]c12. The van der Waals surface area contributed by atoms with Crippen LogP contribution in [0.4, 0.5) is 10.1 Å². The van der Waals surface area contributed by atoms with Crippen molar-refractivity contribution in [3.8, 4) is 6.07 Å². The monoisotopic (exact) mass is 376 g/mol. The third-order valence-electron chi connectivity index (χ3n) is 3.10. The van der Waals surface area contributed by atoms with Gasteiger partial charge in [-0.2, -0.15) is 5.26 Å². The number of nitrogens with one attached hydrogen (secondary N) is 3. The van der Waals surface area contributed by atoms with Crippen LogP contribution in [0.3, 0.4) is 0 Å². The van der Waals surface area contributed by atoms with Crippen LogP contribution in [-0.2, 0) is 4.79 Å². The number of nitriles is 1. The van der Waals surface area contributed by atoms with Crippen molar-refractivity contribution in [3.05, 3.63) is 56.5 Å². The average molecular weight is 376 g/mol. The van der Waals surface area contributed by atoms with E-state index in [9.17, 15) is 24.0 Å². The van der Waals surface area contributed by atoms with E-state index in [0.29, 0.717) is 9.90 Å². The molecule has 0 saturated carbocycles. The molecule has 126 valence electrons. The van der Waals surface area contributed by atoms with Crippen LogP contribution in [0.2, 0.25) is 0 Å². The van der Waals surface area contributed by atoms with Gasteiger partial charge in [-0.05, 0) is 18.2 Å². The quantitative estimate of drug-likeness (QED) is 0.602. The number of thiophene rings is 1. The Balaban J connectivity index is 1.80. The number of anilines is 1. The molecule has 3 aromatic rings. The zero-order chi connectivity index (χ0) is 18.0. The molecule has 0 radical (unpaired) electrons. The standard InChI is InChI=1S/C15H9FN4O3S2/c16-7-2-1-3-8(4-7)18-10(21)6-24-14-9(5-17)11-12(25-14)13(22)20-15(23)19-11/h1-4H,6H2,(H,18,21)(H2,19,20,22,23). The summed E-state index contributed by atoms with van der Waals surface area (Å²) in [7, 11) is 0. The lowest BCUT2D eigenvalue weighted by atomic mass is 10.3. The molecule has 2 aromatic heterocycles. The number of carbonyl (C=O) groups is 1. The summed E-state index contributed by atoms with van der Waals surface area (Å²) in [5.41, 5.74) is -0.659. The zero-order valence-electron chi connectivity index (χ0n) is 12.4. The second-order valence-corrected chi connectivity index (χ2v) is 7.10. The third kappa shape index (κ3) is 3.62. The Hall–Kier alpha value is -2.90. The highest BCUT2D eigenvalue weighted by molar-refractivity contribution is 8.02. The third-order valence-corrected chi connectivity index (χ3v) is 5.56. The van der Waals surface area contributed by atoms with Crippen molar-refractivity contribution >= 4 is 44.9 Å². The van der Waals surface area contributed by atoms with Crippen LogP contribution in [0.25, 0.3) is 10.2 Å². The maximum atomic E-state index is 13.1. The Morgan fingerprint density at radius 3 is 2.88 bits per heavy atom. The Bertz CT molecular complexity index is 1130. The lowest BCUT2D eigenvalue weighted by molar-refractivity contribution is -0.113. The summed E-state index contributed by atoms with van der Waals surface area (Å²) in [5.74, 6) is -0.899. The minimum Gasteiger partial charge on any atom is -0.325 e. The average Bonchev–Trinajstić information content (AvgIpc) is 2.90. The lowest BCUT2D eigenvalue weighted by Gasteiger charge is -2.04. The summed E-state index contributed by atoms with van der Waals surface area (Å²) in [6, 6.07) is 7.41. The van der Waals surface area contributed by atoms with Gasteiger partial charge in [0.25, 0.3) is 5.56 Å². The van der Waals surface area contributed by atoms with Crippen LogP contribution in [0.15, 0.2) is 38.1 Å². The maximum absolute atomic E-state index is 13.1. The van der Waals surface area contributed by atoms with Crippen LogP contribution in [0, 0.1) is 17.1 Å². The molecule has 25 heavy (non-hydrogen) atoms. The van der Waals surface area contributed by atoms with E-state index < -0.39 is 17.1 Å².